The average Bonchev–Trinajstić information content (AvgIpc) is 3.41. The Morgan fingerprint density at radius 1 is 1.11 bits per heavy atom. The van der Waals surface area contributed by atoms with E-state index < -0.39 is 0 Å². The molecule has 1 N–H and O–H groups in total. The van der Waals surface area contributed by atoms with Crippen molar-refractivity contribution in [3.05, 3.63) is 41.7 Å². The highest BCUT2D eigenvalue weighted by atomic mass is 32.1. The fourth-order valence-electron chi connectivity index (χ4n) is 4.04. The van der Waals surface area contributed by atoms with E-state index >= 15 is 0 Å². The third kappa shape index (κ3) is 5.08. The van der Waals surface area contributed by atoms with Gasteiger partial charge in [0.25, 0.3) is 0 Å². The maximum Gasteiger partial charge on any atom is 0.223 e. The van der Waals surface area contributed by atoms with Crippen molar-refractivity contribution in [3.63, 3.8) is 0 Å². The largest absolute Gasteiger partial charge is 0.355 e. The highest BCUT2D eigenvalue weighted by Crippen LogP contribution is 2.25. The number of hydrogen-bond donors (Lipinski definition) is 1. The van der Waals surface area contributed by atoms with Crippen molar-refractivity contribution >= 4 is 22.6 Å². The third-order valence-electron chi connectivity index (χ3n) is 5.72. The van der Waals surface area contributed by atoms with E-state index in [9.17, 15) is 4.79 Å². The number of hydrogen-bond acceptors (Lipinski definition) is 6. The molecule has 1 aromatic heterocycles. The molecule has 28 heavy (non-hydrogen) atoms. The summed E-state index contributed by atoms with van der Waals surface area (Å²) >= 11 is 1.47. The van der Waals surface area contributed by atoms with Gasteiger partial charge < -0.3 is 15.1 Å². The van der Waals surface area contributed by atoms with Crippen LogP contribution in [0.15, 0.2) is 30.3 Å². The van der Waals surface area contributed by atoms with Crippen LogP contribution in [-0.2, 0) is 11.2 Å². The van der Waals surface area contributed by atoms with Crippen LogP contribution in [0.25, 0.3) is 0 Å². The Kier molecular flexibility index (Phi) is 6.54. The third-order valence-corrected chi connectivity index (χ3v) is 6.54. The van der Waals surface area contributed by atoms with Crippen LogP contribution in [0.1, 0.15) is 37.1 Å². The molecule has 2 aliphatic rings. The number of benzene rings is 1. The minimum absolute atomic E-state index is 0.131. The summed E-state index contributed by atoms with van der Waals surface area (Å²) in [5.41, 5.74) is 1.23. The van der Waals surface area contributed by atoms with E-state index in [4.69, 9.17) is 4.98 Å². The Morgan fingerprint density at radius 2 is 1.86 bits per heavy atom. The number of carbonyl (C=O) groups excluding carboxylic acids is 1. The van der Waals surface area contributed by atoms with Crippen LogP contribution in [0, 0.1) is 5.92 Å². The van der Waals surface area contributed by atoms with E-state index in [-0.39, 0.29) is 11.8 Å². The Bertz CT molecular complexity index is 751. The maximum atomic E-state index is 12.4. The van der Waals surface area contributed by atoms with Crippen LogP contribution in [0.2, 0.25) is 0 Å². The normalized spacial score (nSPS) is 18.5. The summed E-state index contributed by atoms with van der Waals surface area (Å²) in [6, 6.07) is 10.3. The lowest BCUT2D eigenvalue weighted by atomic mass is 9.96. The van der Waals surface area contributed by atoms with E-state index in [1.54, 1.807) is 0 Å². The Balaban J connectivity index is 1.21. The predicted octanol–water partition coefficient (Wildman–Crippen LogP) is 2.56. The molecule has 2 aliphatic heterocycles. The quantitative estimate of drug-likeness (QED) is 0.775. The molecule has 2 fully saturated rings. The van der Waals surface area contributed by atoms with Crippen LogP contribution in [0.5, 0.6) is 0 Å². The first-order chi connectivity index (χ1) is 13.8. The number of likely N-dealkylation sites (tertiary alicyclic amines) is 1. The molecular formula is C21H29N5OS. The standard InChI is InChI=1S/C21H29N5OS/c27-20(22-10-15-25-11-4-5-12-25)18-8-13-26(14-9-18)21-23-19(24-28-21)16-17-6-2-1-3-7-17/h1-3,6-7,18H,4-5,8-16H2,(H,22,27). The van der Waals surface area contributed by atoms with Gasteiger partial charge in [0.05, 0.1) is 0 Å². The first-order valence-corrected chi connectivity index (χ1v) is 11.2. The molecule has 0 unspecified atom stereocenters. The van der Waals surface area contributed by atoms with Crippen molar-refractivity contribution in [2.45, 2.75) is 32.1 Å². The number of anilines is 1. The minimum Gasteiger partial charge on any atom is -0.355 e. The van der Waals surface area contributed by atoms with Gasteiger partial charge in [0.15, 0.2) is 0 Å². The Hall–Kier alpha value is -1.99. The number of carbonyl (C=O) groups is 1. The lowest BCUT2D eigenvalue weighted by Crippen LogP contribution is -2.42. The summed E-state index contributed by atoms with van der Waals surface area (Å²) in [4.78, 5) is 21.9. The van der Waals surface area contributed by atoms with Gasteiger partial charge >= 0.3 is 0 Å². The van der Waals surface area contributed by atoms with Gasteiger partial charge in [0.2, 0.25) is 11.0 Å². The summed E-state index contributed by atoms with van der Waals surface area (Å²) in [6.45, 7) is 5.89. The van der Waals surface area contributed by atoms with Gasteiger partial charge in [0, 0.05) is 50.1 Å². The fourth-order valence-corrected chi connectivity index (χ4v) is 4.78. The Labute approximate surface area is 171 Å². The summed E-state index contributed by atoms with van der Waals surface area (Å²) in [5.74, 6) is 1.24. The zero-order chi connectivity index (χ0) is 19.2. The topological polar surface area (TPSA) is 61.4 Å². The second-order valence-electron chi connectivity index (χ2n) is 7.76. The molecule has 0 radical (unpaired) electrons. The zero-order valence-corrected chi connectivity index (χ0v) is 17.2. The molecule has 7 heteroatoms. The van der Waals surface area contributed by atoms with E-state index in [0.29, 0.717) is 0 Å². The summed E-state index contributed by atoms with van der Waals surface area (Å²) in [5, 5.41) is 4.13. The molecule has 0 spiro atoms. The smallest absolute Gasteiger partial charge is 0.223 e. The lowest BCUT2D eigenvalue weighted by molar-refractivity contribution is -0.125. The van der Waals surface area contributed by atoms with Crippen LogP contribution in [0.3, 0.4) is 0 Å². The molecule has 6 nitrogen and oxygen atoms in total. The van der Waals surface area contributed by atoms with Gasteiger partial charge in [-0.2, -0.15) is 4.37 Å². The molecule has 4 rings (SSSR count). The van der Waals surface area contributed by atoms with Gasteiger partial charge in [-0.15, -0.1) is 0 Å². The second-order valence-corrected chi connectivity index (χ2v) is 8.49. The van der Waals surface area contributed by atoms with E-state index in [1.165, 1.54) is 43.0 Å². The fraction of sp³-hybridized carbons (Fsp3) is 0.571. The highest BCUT2D eigenvalue weighted by Gasteiger charge is 2.26. The molecule has 0 bridgehead atoms. The van der Waals surface area contributed by atoms with Crippen LogP contribution in [0.4, 0.5) is 5.13 Å². The average molecular weight is 400 g/mol. The van der Waals surface area contributed by atoms with E-state index in [0.717, 1.165) is 56.4 Å². The highest BCUT2D eigenvalue weighted by molar-refractivity contribution is 7.09. The van der Waals surface area contributed by atoms with Gasteiger partial charge in [0.1, 0.15) is 5.82 Å². The van der Waals surface area contributed by atoms with Gasteiger partial charge in [-0.3, -0.25) is 4.79 Å². The lowest BCUT2D eigenvalue weighted by Gasteiger charge is -2.30. The first-order valence-electron chi connectivity index (χ1n) is 10.4. The van der Waals surface area contributed by atoms with Crippen LogP contribution in [-0.4, -0.2) is 59.4 Å². The summed E-state index contributed by atoms with van der Waals surface area (Å²) in [7, 11) is 0. The molecule has 2 saturated heterocycles. The maximum absolute atomic E-state index is 12.4. The molecule has 3 heterocycles. The van der Waals surface area contributed by atoms with Crippen molar-refractivity contribution in [2.24, 2.45) is 5.92 Å². The van der Waals surface area contributed by atoms with Gasteiger partial charge in [-0.05, 0) is 44.3 Å². The van der Waals surface area contributed by atoms with Crippen LogP contribution >= 0.6 is 11.5 Å². The molecule has 2 aromatic rings. The monoisotopic (exact) mass is 399 g/mol. The van der Waals surface area contributed by atoms with Crippen molar-refractivity contribution in [1.82, 2.24) is 19.6 Å². The predicted molar refractivity (Wildman–Crippen MR) is 113 cm³/mol. The molecule has 150 valence electrons. The number of amides is 1. The van der Waals surface area contributed by atoms with E-state index in [2.05, 4.69) is 31.6 Å². The number of rotatable bonds is 7. The molecule has 1 amide bonds. The molecular weight excluding hydrogens is 370 g/mol. The molecule has 0 saturated carbocycles. The van der Waals surface area contributed by atoms with Gasteiger partial charge in [-0.25, -0.2) is 4.98 Å². The van der Waals surface area contributed by atoms with Crippen molar-refractivity contribution < 1.29 is 4.79 Å². The number of nitrogens with zero attached hydrogens (tertiary/aromatic N) is 4. The number of nitrogens with one attached hydrogen (secondary N) is 1. The first kappa shape index (κ1) is 19.3. The minimum atomic E-state index is 0.131. The SMILES string of the molecule is O=C(NCCN1CCCC1)C1CCN(c2nc(Cc3ccccc3)ns2)CC1. The molecule has 0 atom stereocenters. The Morgan fingerprint density at radius 3 is 2.61 bits per heavy atom. The molecule has 1 aromatic carbocycles. The van der Waals surface area contributed by atoms with Gasteiger partial charge in [-0.1, -0.05) is 30.3 Å². The number of piperidine rings is 1. The van der Waals surface area contributed by atoms with Crippen molar-refractivity contribution in [3.8, 4) is 0 Å². The van der Waals surface area contributed by atoms with Crippen molar-refractivity contribution in [2.75, 3.05) is 44.2 Å². The second kappa shape index (κ2) is 9.47. The summed E-state index contributed by atoms with van der Waals surface area (Å²) in [6.07, 6.45) is 5.15. The van der Waals surface area contributed by atoms with Crippen LogP contribution < -0.4 is 10.2 Å². The summed E-state index contributed by atoms with van der Waals surface area (Å²) < 4.78 is 4.52. The number of aromatic nitrogens is 2. The molecule has 0 aliphatic carbocycles. The zero-order valence-electron chi connectivity index (χ0n) is 16.3. The van der Waals surface area contributed by atoms with E-state index in [1.807, 2.05) is 18.2 Å². The van der Waals surface area contributed by atoms with Crippen molar-refractivity contribution in [1.29, 1.82) is 0 Å².